The molecule has 2 aliphatic rings. The fourth-order valence-corrected chi connectivity index (χ4v) is 6.80. The first kappa shape index (κ1) is 58.9. The molecule has 5 amide bonds. The summed E-state index contributed by atoms with van der Waals surface area (Å²) in [5.41, 5.74) is 6.72. The number of piperidine rings is 1. The van der Waals surface area contributed by atoms with Crippen LogP contribution >= 0.6 is 0 Å². The molecule has 4 N–H and O–H groups in total. The largest absolute Gasteiger partial charge is 0.491 e. The van der Waals surface area contributed by atoms with Crippen LogP contribution in [0.4, 0.5) is 11.4 Å². The first-order chi connectivity index (χ1) is 34.8. The van der Waals surface area contributed by atoms with Crippen molar-refractivity contribution in [2.45, 2.75) is 44.6 Å². The maximum atomic E-state index is 13.2. The summed E-state index contributed by atoms with van der Waals surface area (Å²) >= 11 is 0. The number of rotatable bonds is 45. The van der Waals surface area contributed by atoms with Crippen LogP contribution in [0, 0.1) is 0 Å². The molecule has 2 aromatic rings. The molecule has 22 nitrogen and oxygen atoms in total. The van der Waals surface area contributed by atoms with Gasteiger partial charge in [0.2, 0.25) is 17.7 Å². The predicted octanol–water partition coefficient (Wildman–Crippen LogP) is 2.45. The molecule has 2 aromatic carbocycles. The van der Waals surface area contributed by atoms with E-state index in [4.69, 9.17) is 67.3 Å². The van der Waals surface area contributed by atoms with Gasteiger partial charge in [-0.1, -0.05) is 12.5 Å². The summed E-state index contributed by atoms with van der Waals surface area (Å²) in [6.07, 6.45) is 2.42. The highest BCUT2D eigenvalue weighted by atomic mass is 16.6. The highest BCUT2D eigenvalue weighted by molar-refractivity contribution is 6.26. The van der Waals surface area contributed by atoms with Crippen molar-refractivity contribution in [2.24, 2.45) is 0 Å². The van der Waals surface area contributed by atoms with Crippen molar-refractivity contribution in [2.75, 3.05) is 176 Å². The summed E-state index contributed by atoms with van der Waals surface area (Å²) in [6.45, 7) is 11.8. The first-order valence-electron chi connectivity index (χ1n) is 24.4. The second-order valence-corrected chi connectivity index (χ2v) is 15.8. The van der Waals surface area contributed by atoms with Crippen LogP contribution in [0.1, 0.15) is 59.2 Å². The summed E-state index contributed by atoms with van der Waals surface area (Å²) in [5.74, 6) is -1.97. The molecular weight excluding hydrogens is 933 g/mol. The standard InChI is InChI=1S/C49H74N4O18/c50-39-8-10-40(11-9-39)71-38-37-70-36-35-69-34-33-68-32-31-67-30-29-66-28-27-65-26-25-64-24-23-63-22-21-62-20-19-61-18-17-60-16-15-59-14-3-1-2-7-44(54)51-42-6-4-5-41-46(42)49(58)53(48(41)57)43-12-13-45(55)52-47(43)56/h4-6,8-11,43H,1-3,7,12-38,50H2,(H,51,54)(H,52,55,56). The van der Waals surface area contributed by atoms with E-state index in [1.54, 1.807) is 24.3 Å². The third kappa shape index (κ3) is 25.5. The molecule has 1 atom stereocenters. The Labute approximate surface area is 415 Å². The van der Waals surface area contributed by atoms with Gasteiger partial charge in [-0.15, -0.1) is 0 Å². The molecular formula is C49H74N4O18. The number of carbonyl (C=O) groups is 5. The first-order valence-corrected chi connectivity index (χ1v) is 24.4. The molecule has 1 saturated heterocycles. The third-order valence-corrected chi connectivity index (χ3v) is 10.4. The normalized spacial score (nSPS) is 14.6. The minimum atomic E-state index is -1.08. The number of ether oxygens (including phenoxy) is 13. The quantitative estimate of drug-likeness (QED) is 0.0489. The monoisotopic (exact) mass is 1010 g/mol. The number of anilines is 2. The number of nitrogens with two attached hydrogens (primary N) is 1. The minimum absolute atomic E-state index is 0.0248. The molecule has 4 rings (SSSR count). The van der Waals surface area contributed by atoms with Crippen molar-refractivity contribution in [1.29, 1.82) is 0 Å². The highest BCUT2D eigenvalue weighted by Gasteiger charge is 2.45. The van der Waals surface area contributed by atoms with Crippen LogP contribution in [0.3, 0.4) is 0 Å². The lowest BCUT2D eigenvalue weighted by Crippen LogP contribution is -2.54. The molecule has 1 unspecified atom stereocenters. The average Bonchev–Trinajstić information content (AvgIpc) is 3.62. The lowest BCUT2D eigenvalue weighted by Gasteiger charge is -2.27. The zero-order chi connectivity index (χ0) is 50.4. The van der Waals surface area contributed by atoms with Gasteiger partial charge in [-0.25, -0.2) is 0 Å². The zero-order valence-electron chi connectivity index (χ0n) is 40.9. The van der Waals surface area contributed by atoms with E-state index >= 15 is 0 Å². The Morgan fingerprint density at radius 1 is 0.521 bits per heavy atom. The second-order valence-electron chi connectivity index (χ2n) is 15.8. The zero-order valence-corrected chi connectivity index (χ0v) is 40.9. The van der Waals surface area contributed by atoms with Gasteiger partial charge in [0.05, 0.1) is 169 Å². The van der Waals surface area contributed by atoms with Gasteiger partial charge in [-0.05, 0) is 55.7 Å². The minimum Gasteiger partial charge on any atom is -0.491 e. The number of hydrogen-bond donors (Lipinski definition) is 3. The second kappa shape index (κ2) is 38.0. The fourth-order valence-electron chi connectivity index (χ4n) is 6.80. The molecule has 1 fully saturated rings. The van der Waals surface area contributed by atoms with Crippen LogP contribution in [-0.4, -0.2) is 206 Å². The highest BCUT2D eigenvalue weighted by Crippen LogP contribution is 2.32. The molecule has 0 saturated carbocycles. The molecule has 0 aromatic heterocycles. The Morgan fingerprint density at radius 2 is 0.944 bits per heavy atom. The number of hydrogen-bond acceptors (Lipinski definition) is 19. The van der Waals surface area contributed by atoms with Gasteiger partial charge < -0.3 is 72.6 Å². The molecule has 71 heavy (non-hydrogen) atoms. The molecule has 0 bridgehead atoms. The summed E-state index contributed by atoms with van der Waals surface area (Å²) < 4.78 is 71.7. The Kier molecular flexibility index (Phi) is 31.5. The smallest absolute Gasteiger partial charge is 0.264 e. The van der Waals surface area contributed by atoms with Crippen LogP contribution in [0.2, 0.25) is 0 Å². The number of nitrogens with zero attached hydrogens (tertiary/aromatic N) is 1. The Balaban J connectivity index is 0.780. The number of imide groups is 2. The summed E-state index contributed by atoms with van der Waals surface area (Å²) in [6, 6.07) is 10.8. The summed E-state index contributed by atoms with van der Waals surface area (Å²) in [4.78, 5) is 63.7. The van der Waals surface area contributed by atoms with E-state index in [0.717, 1.165) is 23.5 Å². The van der Waals surface area contributed by atoms with Gasteiger partial charge >= 0.3 is 0 Å². The van der Waals surface area contributed by atoms with Crippen molar-refractivity contribution in [3.63, 3.8) is 0 Å². The van der Waals surface area contributed by atoms with Gasteiger partial charge in [0.15, 0.2) is 0 Å². The van der Waals surface area contributed by atoms with Crippen molar-refractivity contribution in [3.05, 3.63) is 53.6 Å². The number of nitrogen functional groups attached to an aromatic ring is 1. The SMILES string of the molecule is Nc1ccc(OCCOCCOCCOCCOCCOCCOCCOCCOCCOCCOCCOCCOCCCCCC(=O)Nc2cccc3c2C(=O)N(C2CCC(=O)NC2=O)C3=O)cc1. The number of benzene rings is 2. The molecule has 398 valence electrons. The van der Waals surface area contributed by atoms with Gasteiger partial charge in [0.25, 0.3) is 11.8 Å². The third-order valence-electron chi connectivity index (χ3n) is 10.4. The maximum absolute atomic E-state index is 13.2. The number of amides is 5. The van der Waals surface area contributed by atoms with E-state index in [-0.39, 0.29) is 42.0 Å². The number of unbranched alkanes of at least 4 members (excludes halogenated alkanes) is 2. The topological polar surface area (TPSA) is 259 Å². The molecule has 22 heteroatoms. The molecule has 0 aliphatic carbocycles. The Hall–Kier alpha value is -4.69. The van der Waals surface area contributed by atoms with Crippen molar-refractivity contribution >= 4 is 40.9 Å². The van der Waals surface area contributed by atoms with E-state index in [0.29, 0.717) is 177 Å². The number of nitrogens with one attached hydrogen (secondary N) is 2. The Morgan fingerprint density at radius 3 is 1.38 bits per heavy atom. The molecule has 0 radical (unpaired) electrons. The van der Waals surface area contributed by atoms with E-state index in [2.05, 4.69) is 10.6 Å². The van der Waals surface area contributed by atoms with Crippen molar-refractivity contribution in [3.8, 4) is 5.75 Å². The maximum Gasteiger partial charge on any atom is 0.264 e. The van der Waals surface area contributed by atoms with Crippen molar-refractivity contribution in [1.82, 2.24) is 10.2 Å². The van der Waals surface area contributed by atoms with Crippen molar-refractivity contribution < 1.29 is 85.6 Å². The van der Waals surface area contributed by atoms with Gasteiger partial charge in [-0.3, -0.25) is 34.2 Å². The van der Waals surface area contributed by atoms with Crippen LogP contribution in [-0.2, 0) is 71.2 Å². The number of carbonyl (C=O) groups excluding carboxylic acids is 5. The Bertz CT molecular complexity index is 1810. The fraction of sp³-hybridized carbons (Fsp3) is 0.653. The average molecular weight is 1010 g/mol. The predicted molar refractivity (Wildman–Crippen MR) is 256 cm³/mol. The van der Waals surface area contributed by atoms with E-state index in [9.17, 15) is 24.0 Å². The van der Waals surface area contributed by atoms with E-state index in [1.807, 2.05) is 12.1 Å². The van der Waals surface area contributed by atoms with Crippen LogP contribution in [0.5, 0.6) is 5.75 Å². The van der Waals surface area contributed by atoms with Gasteiger partial charge in [0, 0.05) is 25.1 Å². The van der Waals surface area contributed by atoms with Crippen LogP contribution < -0.4 is 21.1 Å². The molecule has 2 aliphatic heterocycles. The van der Waals surface area contributed by atoms with E-state index in [1.165, 1.54) is 6.07 Å². The van der Waals surface area contributed by atoms with Crippen LogP contribution in [0.25, 0.3) is 0 Å². The molecule has 2 heterocycles. The van der Waals surface area contributed by atoms with Gasteiger partial charge in [0.1, 0.15) is 18.4 Å². The summed E-state index contributed by atoms with van der Waals surface area (Å²) in [5, 5.41) is 4.91. The van der Waals surface area contributed by atoms with Crippen LogP contribution in [0.15, 0.2) is 42.5 Å². The van der Waals surface area contributed by atoms with Gasteiger partial charge in [-0.2, -0.15) is 0 Å². The summed E-state index contributed by atoms with van der Waals surface area (Å²) in [7, 11) is 0. The molecule has 0 spiro atoms. The lowest BCUT2D eigenvalue weighted by molar-refractivity contribution is -0.136. The van der Waals surface area contributed by atoms with E-state index < -0.39 is 29.7 Å². The number of fused-ring (bicyclic) bond motifs is 1. The lowest BCUT2D eigenvalue weighted by atomic mass is 10.0.